The van der Waals surface area contributed by atoms with Gasteiger partial charge < -0.3 is 0 Å². The maximum Gasteiger partial charge on any atom is -0.0294 e. The zero-order valence-corrected chi connectivity index (χ0v) is 8.28. The van der Waals surface area contributed by atoms with E-state index in [1.165, 1.54) is 24.8 Å². The van der Waals surface area contributed by atoms with Crippen LogP contribution < -0.4 is 0 Å². The van der Waals surface area contributed by atoms with Crippen molar-refractivity contribution < 1.29 is 0 Å². The highest BCUT2D eigenvalue weighted by Gasteiger charge is 2.45. The minimum Gasteiger partial charge on any atom is -0.0859 e. The Morgan fingerprint density at radius 1 is 1.55 bits per heavy atom. The average molecular weight is 152 g/mol. The van der Waals surface area contributed by atoms with Crippen molar-refractivity contribution in [3.05, 3.63) is 11.6 Å². The lowest BCUT2D eigenvalue weighted by Crippen LogP contribution is -1.94. The van der Waals surface area contributed by atoms with E-state index in [1.54, 1.807) is 0 Å². The van der Waals surface area contributed by atoms with Crippen LogP contribution in [-0.4, -0.2) is 0 Å². The van der Waals surface area contributed by atoms with Crippen molar-refractivity contribution in [2.24, 2.45) is 11.3 Å². The summed E-state index contributed by atoms with van der Waals surface area (Å²) in [4.78, 5) is 0. The first-order valence-corrected chi connectivity index (χ1v) is 4.68. The summed E-state index contributed by atoms with van der Waals surface area (Å²) < 4.78 is 0. The fourth-order valence-electron chi connectivity index (χ4n) is 1.68. The molecule has 1 fully saturated rings. The molecule has 64 valence electrons. The quantitative estimate of drug-likeness (QED) is 0.540. The van der Waals surface area contributed by atoms with Gasteiger partial charge in [-0.15, -0.1) is 0 Å². The van der Waals surface area contributed by atoms with E-state index in [-0.39, 0.29) is 0 Å². The molecule has 0 amide bonds. The van der Waals surface area contributed by atoms with Gasteiger partial charge in [0.05, 0.1) is 0 Å². The van der Waals surface area contributed by atoms with Crippen molar-refractivity contribution in [2.45, 2.75) is 47.0 Å². The van der Waals surface area contributed by atoms with Gasteiger partial charge in [0, 0.05) is 0 Å². The standard InChI is InChI=1S/C11H20/c1-9(2)6-5-7-11(4)8-10(11)3/h6,10H,5,7-8H2,1-4H3/t10-,11+/m0/s1. The van der Waals surface area contributed by atoms with Crippen molar-refractivity contribution in [3.8, 4) is 0 Å². The molecule has 0 N–H and O–H groups in total. The summed E-state index contributed by atoms with van der Waals surface area (Å²) in [6.45, 7) is 9.14. The Morgan fingerprint density at radius 2 is 2.09 bits per heavy atom. The topological polar surface area (TPSA) is 0 Å². The molecule has 0 saturated heterocycles. The number of allylic oxidation sites excluding steroid dienone is 2. The van der Waals surface area contributed by atoms with Gasteiger partial charge in [-0.3, -0.25) is 0 Å². The normalized spacial score (nSPS) is 35.1. The summed E-state index contributed by atoms with van der Waals surface area (Å²) in [5.74, 6) is 0.980. The van der Waals surface area contributed by atoms with Gasteiger partial charge >= 0.3 is 0 Å². The SMILES string of the molecule is CC(C)=CCC[C@]1(C)C[C@@H]1C. The molecule has 1 saturated carbocycles. The Balaban J connectivity index is 2.19. The molecule has 2 atom stereocenters. The van der Waals surface area contributed by atoms with Crippen LogP contribution in [0.3, 0.4) is 0 Å². The fourth-order valence-corrected chi connectivity index (χ4v) is 1.68. The summed E-state index contributed by atoms with van der Waals surface area (Å²) in [7, 11) is 0. The Bertz CT molecular complexity index is 163. The third kappa shape index (κ3) is 2.36. The van der Waals surface area contributed by atoms with E-state index in [2.05, 4.69) is 33.8 Å². The summed E-state index contributed by atoms with van der Waals surface area (Å²) in [5.41, 5.74) is 2.16. The van der Waals surface area contributed by atoms with E-state index in [4.69, 9.17) is 0 Å². The predicted octanol–water partition coefficient (Wildman–Crippen LogP) is 3.78. The van der Waals surface area contributed by atoms with Crippen LogP contribution in [0.2, 0.25) is 0 Å². The van der Waals surface area contributed by atoms with Gasteiger partial charge in [-0.2, -0.15) is 0 Å². The molecule has 0 spiro atoms. The third-order valence-corrected chi connectivity index (χ3v) is 3.07. The first-order chi connectivity index (χ1) is 5.04. The van der Waals surface area contributed by atoms with Crippen LogP contribution >= 0.6 is 0 Å². The maximum absolute atomic E-state index is 2.41. The molecule has 0 aromatic carbocycles. The first-order valence-electron chi connectivity index (χ1n) is 4.68. The first kappa shape index (κ1) is 8.83. The molecule has 0 unspecified atom stereocenters. The van der Waals surface area contributed by atoms with Crippen molar-refractivity contribution in [2.75, 3.05) is 0 Å². The second-order valence-corrected chi connectivity index (χ2v) is 4.58. The van der Waals surface area contributed by atoms with Crippen molar-refractivity contribution in [3.63, 3.8) is 0 Å². The van der Waals surface area contributed by atoms with Gasteiger partial charge in [0.25, 0.3) is 0 Å². The molecule has 11 heavy (non-hydrogen) atoms. The second-order valence-electron chi connectivity index (χ2n) is 4.58. The third-order valence-electron chi connectivity index (χ3n) is 3.07. The average Bonchev–Trinajstić information content (AvgIpc) is 2.39. The minimum atomic E-state index is 0.700. The van der Waals surface area contributed by atoms with Gasteiger partial charge in [0.1, 0.15) is 0 Å². The Labute approximate surface area is 70.7 Å². The van der Waals surface area contributed by atoms with E-state index >= 15 is 0 Å². The van der Waals surface area contributed by atoms with E-state index < -0.39 is 0 Å². The van der Waals surface area contributed by atoms with Crippen molar-refractivity contribution in [1.29, 1.82) is 0 Å². The van der Waals surface area contributed by atoms with Gasteiger partial charge in [0.15, 0.2) is 0 Å². The highest BCUT2D eigenvalue weighted by atomic mass is 14.5. The molecular formula is C11H20. The summed E-state index contributed by atoms with van der Waals surface area (Å²) in [6, 6.07) is 0. The molecule has 0 aliphatic heterocycles. The molecule has 0 heterocycles. The maximum atomic E-state index is 2.41. The lowest BCUT2D eigenvalue weighted by molar-refractivity contribution is 0.479. The van der Waals surface area contributed by atoms with E-state index in [0.29, 0.717) is 5.41 Å². The summed E-state index contributed by atoms with van der Waals surface area (Å²) >= 11 is 0. The molecule has 0 aromatic rings. The van der Waals surface area contributed by atoms with Crippen LogP contribution in [0.1, 0.15) is 47.0 Å². The van der Waals surface area contributed by atoms with Crippen LogP contribution in [0.25, 0.3) is 0 Å². The zero-order valence-electron chi connectivity index (χ0n) is 8.28. The molecule has 0 nitrogen and oxygen atoms in total. The van der Waals surface area contributed by atoms with Crippen molar-refractivity contribution >= 4 is 0 Å². The van der Waals surface area contributed by atoms with Crippen LogP contribution in [0.15, 0.2) is 11.6 Å². The molecule has 1 aliphatic rings. The fraction of sp³-hybridized carbons (Fsp3) is 0.818. The lowest BCUT2D eigenvalue weighted by atomic mass is 9.99. The predicted molar refractivity (Wildman–Crippen MR) is 50.6 cm³/mol. The van der Waals surface area contributed by atoms with Crippen LogP contribution in [0, 0.1) is 11.3 Å². The smallest absolute Gasteiger partial charge is 0.0294 e. The lowest BCUT2D eigenvalue weighted by Gasteiger charge is -2.06. The number of hydrogen-bond donors (Lipinski definition) is 0. The Kier molecular flexibility index (Phi) is 2.41. The number of hydrogen-bond acceptors (Lipinski definition) is 0. The highest BCUT2D eigenvalue weighted by molar-refractivity contribution is 5.00. The molecule has 0 heteroatoms. The van der Waals surface area contributed by atoms with Crippen LogP contribution in [-0.2, 0) is 0 Å². The van der Waals surface area contributed by atoms with Gasteiger partial charge in [0.2, 0.25) is 0 Å². The molecular weight excluding hydrogens is 132 g/mol. The Morgan fingerprint density at radius 3 is 2.45 bits per heavy atom. The van der Waals surface area contributed by atoms with Gasteiger partial charge in [-0.1, -0.05) is 25.5 Å². The van der Waals surface area contributed by atoms with E-state index in [0.717, 1.165) is 5.92 Å². The van der Waals surface area contributed by atoms with E-state index in [9.17, 15) is 0 Å². The zero-order chi connectivity index (χ0) is 8.48. The van der Waals surface area contributed by atoms with E-state index in [1.807, 2.05) is 0 Å². The monoisotopic (exact) mass is 152 g/mol. The highest BCUT2D eigenvalue weighted by Crippen LogP contribution is 2.55. The summed E-state index contributed by atoms with van der Waals surface area (Å²) in [5, 5.41) is 0. The largest absolute Gasteiger partial charge is 0.0859 e. The molecule has 0 bridgehead atoms. The van der Waals surface area contributed by atoms with Gasteiger partial charge in [-0.25, -0.2) is 0 Å². The second kappa shape index (κ2) is 3.00. The molecule has 0 aromatic heterocycles. The molecule has 1 aliphatic carbocycles. The van der Waals surface area contributed by atoms with Gasteiger partial charge in [-0.05, 0) is 44.4 Å². The van der Waals surface area contributed by atoms with Crippen molar-refractivity contribution in [1.82, 2.24) is 0 Å². The van der Waals surface area contributed by atoms with Crippen LogP contribution in [0.4, 0.5) is 0 Å². The summed E-state index contributed by atoms with van der Waals surface area (Å²) in [6.07, 6.45) is 6.47. The van der Waals surface area contributed by atoms with Crippen LogP contribution in [0.5, 0.6) is 0 Å². The number of rotatable bonds is 3. The Hall–Kier alpha value is -0.260. The molecule has 0 radical (unpaired) electrons. The molecule has 1 rings (SSSR count). The minimum absolute atomic E-state index is 0.700.